The van der Waals surface area contributed by atoms with Gasteiger partial charge in [0.15, 0.2) is 27.6 Å². The van der Waals surface area contributed by atoms with E-state index in [1.807, 2.05) is 0 Å². The molecule has 3 aliphatic carbocycles. The Labute approximate surface area is 210 Å². The van der Waals surface area contributed by atoms with Gasteiger partial charge in [-0.3, -0.25) is 4.79 Å². The van der Waals surface area contributed by atoms with Gasteiger partial charge in [-0.25, -0.2) is 13.2 Å². The van der Waals surface area contributed by atoms with Crippen LogP contribution < -0.4 is 5.73 Å². The van der Waals surface area contributed by atoms with E-state index >= 15 is 4.39 Å². The lowest BCUT2D eigenvalue weighted by atomic mass is 9.43. The maximum absolute atomic E-state index is 15.0. The van der Waals surface area contributed by atoms with Crippen LogP contribution in [0.25, 0.3) is 0 Å². The number of Topliss-reactive ketones (excluding diaryl/α,β-unsaturated/α-hetero) is 1. The van der Waals surface area contributed by atoms with Crippen molar-refractivity contribution in [3.63, 3.8) is 0 Å². The highest BCUT2D eigenvalue weighted by atomic mass is 32.2. The van der Waals surface area contributed by atoms with Crippen molar-refractivity contribution in [2.45, 2.75) is 75.1 Å². The molecule has 12 heteroatoms. The highest BCUT2D eigenvalue weighted by Gasteiger charge is 2.68. The van der Waals surface area contributed by atoms with Gasteiger partial charge < -0.3 is 15.0 Å². The number of ketones is 1. The van der Waals surface area contributed by atoms with Crippen LogP contribution in [-0.4, -0.2) is 40.0 Å². The number of aromatic nitrogens is 2. The van der Waals surface area contributed by atoms with E-state index in [9.17, 15) is 13.6 Å². The number of thioether (sulfide) groups is 1. The number of hydrogen-bond acceptors (Lipinski definition) is 8. The van der Waals surface area contributed by atoms with Gasteiger partial charge in [0.05, 0.1) is 22.4 Å². The second-order valence-electron chi connectivity index (χ2n) is 10.6. The Morgan fingerprint density at radius 2 is 1.94 bits per heavy atom. The Kier molecular flexibility index (Phi) is 6.05. The fourth-order valence-electron chi connectivity index (χ4n) is 6.33. The first kappa shape index (κ1) is 25.0. The van der Waals surface area contributed by atoms with E-state index in [2.05, 4.69) is 31.0 Å². The van der Waals surface area contributed by atoms with Gasteiger partial charge in [0, 0.05) is 0 Å². The van der Waals surface area contributed by atoms with Crippen LogP contribution in [0.1, 0.15) is 62.0 Å². The summed E-state index contributed by atoms with van der Waals surface area (Å²) in [6, 6.07) is 0. The largest absolute Gasteiger partial charge is 0.472 e. The van der Waals surface area contributed by atoms with E-state index < -0.39 is 46.7 Å². The maximum Gasteiger partial charge on any atom is 0.472 e. The van der Waals surface area contributed by atoms with Gasteiger partial charge in [-0.2, -0.15) is 0 Å². The minimum atomic E-state index is -1.66. The zero-order valence-electron chi connectivity index (χ0n) is 20.2. The van der Waals surface area contributed by atoms with Crippen molar-refractivity contribution in [1.29, 1.82) is 0 Å². The van der Waals surface area contributed by atoms with E-state index in [1.54, 1.807) is 0 Å². The van der Waals surface area contributed by atoms with Crippen molar-refractivity contribution in [3.05, 3.63) is 34.1 Å². The smallest absolute Gasteiger partial charge is 0.405 e. The standard InChI is InChI=1S/C23H27BF3N3O3S2/c1-9-12(17(25)19(27)18(26)16(9)10(2)31)8-15(34-21-30-29-20(28)35-21)24-32-14-7-11-6-13(22(11,3)4)23(14,5)33-24/h11,13-15H,6-8H2,1-5H3,(H2,28,29)/t11?,13?,14?,15-,23-/m0/s1. The average Bonchev–Trinajstić information content (AvgIpc) is 3.35. The second-order valence-corrected chi connectivity index (χ2v) is 13.1. The van der Waals surface area contributed by atoms with Crippen LogP contribution in [0.2, 0.25) is 0 Å². The lowest BCUT2D eigenvalue weighted by molar-refractivity contribution is -0.199. The third-order valence-corrected chi connectivity index (χ3v) is 10.5. The minimum Gasteiger partial charge on any atom is -0.405 e. The number of nitrogens with two attached hydrogens (primary N) is 1. The molecule has 4 fully saturated rings. The number of benzene rings is 1. The van der Waals surface area contributed by atoms with E-state index in [-0.39, 0.29) is 34.2 Å². The molecule has 0 amide bonds. The number of halogens is 3. The molecule has 5 atom stereocenters. The third-order valence-electron chi connectivity index (χ3n) is 8.40. The van der Waals surface area contributed by atoms with Gasteiger partial charge in [0.2, 0.25) is 5.13 Å². The first-order valence-corrected chi connectivity index (χ1v) is 13.3. The summed E-state index contributed by atoms with van der Waals surface area (Å²) in [5, 5.41) is 7.61. The van der Waals surface area contributed by atoms with E-state index in [4.69, 9.17) is 15.0 Å². The van der Waals surface area contributed by atoms with Crippen LogP contribution in [0.3, 0.4) is 0 Å². The summed E-state index contributed by atoms with van der Waals surface area (Å²) >= 11 is 2.42. The molecule has 2 heterocycles. The lowest BCUT2D eigenvalue weighted by Crippen LogP contribution is -2.65. The van der Waals surface area contributed by atoms with Gasteiger partial charge in [-0.1, -0.05) is 36.9 Å². The molecule has 35 heavy (non-hydrogen) atoms. The normalized spacial score (nSPS) is 29.6. The molecule has 2 bridgehead atoms. The summed E-state index contributed by atoms with van der Waals surface area (Å²) in [4.78, 5) is 12.0. The molecule has 0 spiro atoms. The molecule has 2 aromatic rings. The molecule has 1 aromatic carbocycles. The topological polar surface area (TPSA) is 87.3 Å². The van der Waals surface area contributed by atoms with Crippen molar-refractivity contribution in [2.75, 3.05) is 5.73 Å². The predicted octanol–water partition coefficient (Wildman–Crippen LogP) is 5.02. The predicted molar refractivity (Wildman–Crippen MR) is 129 cm³/mol. The Bertz CT molecular complexity index is 1210. The Balaban J connectivity index is 1.51. The number of anilines is 1. The zero-order chi connectivity index (χ0) is 25.4. The highest BCUT2D eigenvalue weighted by Crippen LogP contribution is 2.66. The van der Waals surface area contributed by atoms with Crippen molar-refractivity contribution >= 4 is 41.1 Å². The molecule has 6 rings (SSSR count). The fraction of sp³-hybridized carbons (Fsp3) is 0.609. The quantitative estimate of drug-likeness (QED) is 0.245. The van der Waals surface area contributed by atoms with Gasteiger partial charge in [-0.05, 0) is 68.4 Å². The number of carbonyl (C=O) groups excluding carboxylic acids is 1. The summed E-state index contributed by atoms with van der Waals surface area (Å²) < 4.78 is 57.4. The summed E-state index contributed by atoms with van der Waals surface area (Å²) in [5.41, 5.74) is 4.92. The van der Waals surface area contributed by atoms with Crippen LogP contribution in [0.4, 0.5) is 18.3 Å². The summed E-state index contributed by atoms with van der Waals surface area (Å²) in [6.07, 6.45) is 1.76. The maximum atomic E-state index is 15.0. The summed E-state index contributed by atoms with van der Waals surface area (Å²) in [5.74, 6) is -4.24. The molecule has 3 saturated carbocycles. The van der Waals surface area contributed by atoms with Crippen LogP contribution in [0.5, 0.6) is 0 Å². The molecular formula is C23H27BF3N3O3S2. The third kappa shape index (κ3) is 3.82. The van der Waals surface area contributed by atoms with Crippen LogP contribution >= 0.6 is 23.1 Å². The molecule has 188 valence electrons. The van der Waals surface area contributed by atoms with E-state index in [0.29, 0.717) is 16.2 Å². The number of nitrogens with zero attached hydrogens (tertiary/aromatic N) is 2. The molecule has 0 radical (unpaired) electrons. The Morgan fingerprint density at radius 1 is 1.23 bits per heavy atom. The van der Waals surface area contributed by atoms with Crippen molar-refractivity contribution < 1.29 is 27.3 Å². The van der Waals surface area contributed by atoms with Crippen LogP contribution in [0.15, 0.2) is 4.34 Å². The Hall–Kier alpha value is -1.63. The molecule has 1 aromatic heterocycles. The van der Waals surface area contributed by atoms with Crippen molar-refractivity contribution in [1.82, 2.24) is 10.2 Å². The first-order chi connectivity index (χ1) is 16.3. The molecular weight excluding hydrogens is 498 g/mol. The lowest BCUT2D eigenvalue weighted by Gasteiger charge is -2.64. The first-order valence-electron chi connectivity index (χ1n) is 11.6. The molecule has 1 aliphatic heterocycles. The number of hydrogen-bond donors (Lipinski definition) is 1. The van der Waals surface area contributed by atoms with E-state index in [1.165, 1.54) is 30.0 Å². The molecule has 2 N–H and O–H groups in total. The van der Waals surface area contributed by atoms with E-state index in [0.717, 1.165) is 19.8 Å². The van der Waals surface area contributed by atoms with Crippen LogP contribution in [-0.2, 0) is 15.7 Å². The molecule has 3 unspecified atom stereocenters. The van der Waals surface area contributed by atoms with Gasteiger partial charge in [0.1, 0.15) is 0 Å². The highest BCUT2D eigenvalue weighted by molar-refractivity contribution is 8.02. The Morgan fingerprint density at radius 3 is 2.54 bits per heavy atom. The molecule has 1 saturated heterocycles. The van der Waals surface area contributed by atoms with Gasteiger partial charge >= 0.3 is 7.12 Å². The number of rotatable bonds is 6. The van der Waals surface area contributed by atoms with Gasteiger partial charge in [0.25, 0.3) is 0 Å². The van der Waals surface area contributed by atoms with Crippen molar-refractivity contribution in [3.8, 4) is 0 Å². The molecule has 4 aliphatic rings. The fourth-order valence-corrected chi connectivity index (χ4v) is 8.32. The monoisotopic (exact) mass is 525 g/mol. The van der Waals surface area contributed by atoms with Crippen molar-refractivity contribution in [2.24, 2.45) is 17.3 Å². The zero-order valence-corrected chi connectivity index (χ0v) is 21.8. The average molecular weight is 525 g/mol. The number of carbonyl (C=O) groups is 1. The SMILES string of the molecule is CC(=O)c1c(C)c(C[C@H](Sc2nnc(N)s2)B2OC3CC4CC(C4(C)C)[C@]3(C)O2)c(F)c(F)c1F. The second kappa shape index (κ2) is 8.46. The minimum absolute atomic E-state index is 0.0652. The molecule has 6 nitrogen and oxygen atoms in total. The summed E-state index contributed by atoms with van der Waals surface area (Å²) in [7, 11) is -0.747. The number of nitrogen functional groups attached to an aromatic ring is 1. The summed E-state index contributed by atoms with van der Waals surface area (Å²) in [6.45, 7) is 9.14. The van der Waals surface area contributed by atoms with Gasteiger partial charge in [-0.15, -0.1) is 10.2 Å². The van der Waals surface area contributed by atoms with Crippen LogP contribution in [0, 0.1) is 41.6 Å².